The first-order valence-corrected chi connectivity index (χ1v) is 11.3. The topological polar surface area (TPSA) is 93.5 Å². The molecule has 8 nitrogen and oxygen atoms in total. The van der Waals surface area contributed by atoms with Crippen LogP contribution in [0.3, 0.4) is 0 Å². The number of nitrogens with one attached hydrogen (secondary N) is 1. The quantitative estimate of drug-likeness (QED) is 0.583. The Kier molecular flexibility index (Phi) is 5.51. The average molecular weight is 441 g/mol. The van der Waals surface area contributed by atoms with Gasteiger partial charge < -0.3 is 9.64 Å². The second-order valence-electron chi connectivity index (χ2n) is 10.2. The lowest BCUT2D eigenvalue weighted by atomic mass is 9.77. The van der Waals surface area contributed by atoms with Crippen molar-refractivity contribution in [3.63, 3.8) is 0 Å². The molecule has 0 spiro atoms. The molecule has 4 rings (SSSR count). The number of imide groups is 1. The molecule has 0 aliphatic carbocycles. The number of anilines is 1. The zero-order valence-corrected chi connectivity index (χ0v) is 19.5. The van der Waals surface area contributed by atoms with Gasteiger partial charge in [0.1, 0.15) is 5.60 Å². The molecule has 0 radical (unpaired) electrons. The summed E-state index contributed by atoms with van der Waals surface area (Å²) in [4.78, 5) is 38.9. The maximum atomic E-state index is 12.6. The molecule has 0 saturated carbocycles. The summed E-state index contributed by atoms with van der Waals surface area (Å²) in [6.07, 6.45) is 2.28. The molecule has 3 heterocycles. The molecular formula is C24H32N4O4. The second kappa shape index (κ2) is 7.90. The van der Waals surface area contributed by atoms with Crippen LogP contribution < -0.4 is 10.2 Å². The number of fused-ring (bicyclic) bond motifs is 1. The van der Waals surface area contributed by atoms with Crippen molar-refractivity contribution in [3.05, 3.63) is 23.9 Å². The van der Waals surface area contributed by atoms with Gasteiger partial charge in [-0.3, -0.25) is 24.4 Å². The van der Waals surface area contributed by atoms with E-state index < -0.39 is 11.0 Å². The molecule has 2 fully saturated rings. The number of nitrogens with zero attached hydrogens (tertiary/aromatic N) is 3. The lowest BCUT2D eigenvalue weighted by Gasteiger charge is -2.34. The number of benzene rings is 1. The molecule has 2 aliphatic heterocycles. The molecule has 32 heavy (non-hydrogen) atoms. The number of hydrogen-bond acceptors (Lipinski definition) is 6. The summed E-state index contributed by atoms with van der Waals surface area (Å²) in [6, 6.07) is 6.16. The van der Waals surface area contributed by atoms with Crippen LogP contribution in [0.1, 0.15) is 59.1 Å². The normalized spacial score (nSPS) is 22.8. The number of esters is 1. The maximum absolute atomic E-state index is 12.6. The van der Waals surface area contributed by atoms with Gasteiger partial charge in [0.25, 0.3) is 0 Å². The van der Waals surface area contributed by atoms with E-state index in [9.17, 15) is 14.4 Å². The summed E-state index contributed by atoms with van der Waals surface area (Å²) in [7, 11) is 1.87. The molecule has 8 heteroatoms. The summed E-state index contributed by atoms with van der Waals surface area (Å²) in [5.74, 6) is -0.696. The fourth-order valence-corrected chi connectivity index (χ4v) is 4.64. The van der Waals surface area contributed by atoms with Crippen LogP contribution in [-0.2, 0) is 31.6 Å². The van der Waals surface area contributed by atoms with Gasteiger partial charge in [-0.2, -0.15) is 5.10 Å². The first-order valence-electron chi connectivity index (χ1n) is 11.3. The van der Waals surface area contributed by atoms with Gasteiger partial charge in [0.05, 0.1) is 22.5 Å². The maximum Gasteiger partial charge on any atom is 0.309 e. The molecule has 2 aromatic rings. The van der Waals surface area contributed by atoms with E-state index in [2.05, 4.69) is 27.4 Å². The summed E-state index contributed by atoms with van der Waals surface area (Å²) >= 11 is 0. The smallest absolute Gasteiger partial charge is 0.309 e. The van der Waals surface area contributed by atoms with E-state index in [1.54, 1.807) is 4.68 Å². The van der Waals surface area contributed by atoms with E-state index in [4.69, 9.17) is 4.74 Å². The minimum atomic E-state index is -0.833. The Balaban J connectivity index is 1.53. The van der Waals surface area contributed by atoms with Crippen molar-refractivity contribution in [1.29, 1.82) is 0 Å². The van der Waals surface area contributed by atoms with E-state index in [1.165, 1.54) is 0 Å². The van der Waals surface area contributed by atoms with E-state index >= 15 is 0 Å². The highest BCUT2D eigenvalue weighted by Crippen LogP contribution is 2.37. The number of rotatable bonds is 3. The average Bonchev–Trinajstić information content (AvgIpc) is 3.06. The number of carbonyl (C=O) groups is 3. The van der Waals surface area contributed by atoms with E-state index in [-0.39, 0.29) is 23.7 Å². The largest absolute Gasteiger partial charge is 0.460 e. The third kappa shape index (κ3) is 4.10. The van der Waals surface area contributed by atoms with Crippen molar-refractivity contribution >= 4 is 34.4 Å². The van der Waals surface area contributed by atoms with Crippen LogP contribution in [-0.4, -0.2) is 46.3 Å². The molecule has 1 aromatic carbocycles. The standard InChI is InChI=1S/C24H32N4O4/c1-23(2,3)32-21(30)15-9-12-28(13-10-15)16-6-7-17-18(14-16)27(5)26-20(17)24(4)11-8-19(29)25-22(24)31/h6-7,14-15H,8-13H2,1-5H3,(H,25,29,31). The molecule has 1 aromatic heterocycles. The Morgan fingerprint density at radius 3 is 2.53 bits per heavy atom. The van der Waals surface area contributed by atoms with Crippen LogP contribution in [0.5, 0.6) is 0 Å². The Hall–Kier alpha value is -2.90. The monoisotopic (exact) mass is 440 g/mol. The predicted molar refractivity (Wildman–Crippen MR) is 121 cm³/mol. The van der Waals surface area contributed by atoms with E-state index in [1.807, 2.05) is 40.8 Å². The summed E-state index contributed by atoms with van der Waals surface area (Å²) < 4.78 is 7.36. The third-order valence-electron chi connectivity index (χ3n) is 6.56. The van der Waals surface area contributed by atoms with Crippen LogP contribution in [0.4, 0.5) is 5.69 Å². The molecule has 172 valence electrons. The molecular weight excluding hydrogens is 408 g/mol. The molecule has 0 bridgehead atoms. The summed E-state index contributed by atoms with van der Waals surface area (Å²) in [5.41, 5.74) is 1.42. The number of amides is 2. The highest BCUT2D eigenvalue weighted by Gasteiger charge is 2.43. The Morgan fingerprint density at radius 2 is 1.91 bits per heavy atom. The number of carbonyl (C=O) groups excluding carboxylic acids is 3. The summed E-state index contributed by atoms with van der Waals surface area (Å²) in [5, 5.41) is 8.06. The molecule has 2 saturated heterocycles. The highest BCUT2D eigenvalue weighted by atomic mass is 16.6. The van der Waals surface area contributed by atoms with Crippen LogP contribution >= 0.6 is 0 Å². The van der Waals surface area contributed by atoms with Crippen molar-refractivity contribution in [2.75, 3.05) is 18.0 Å². The predicted octanol–water partition coefficient (Wildman–Crippen LogP) is 2.83. The van der Waals surface area contributed by atoms with Gasteiger partial charge in [-0.15, -0.1) is 0 Å². The number of ether oxygens (including phenoxy) is 1. The van der Waals surface area contributed by atoms with Crippen molar-refractivity contribution in [1.82, 2.24) is 15.1 Å². The van der Waals surface area contributed by atoms with Crippen molar-refractivity contribution in [3.8, 4) is 0 Å². The molecule has 2 amide bonds. The highest BCUT2D eigenvalue weighted by molar-refractivity contribution is 6.05. The van der Waals surface area contributed by atoms with E-state index in [0.29, 0.717) is 18.5 Å². The SMILES string of the molecule is Cn1nc(C2(C)CCC(=O)NC2=O)c2ccc(N3CCC(C(=O)OC(C)(C)C)CC3)cc21. The van der Waals surface area contributed by atoms with Crippen molar-refractivity contribution in [2.24, 2.45) is 13.0 Å². The molecule has 1 atom stereocenters. The van der Waals surface area contributed by atoms with Crippen LogP contribution in [0.15, 0.2) is 18.2 Å². The van der Waals surface area contributed by atoms with E-state index in [0.717, 1.165) is 42.5 Å². The zero-order valence-electron chi connectivity index (χ0n) is 19.5. The van der Waals surface area contributed by atoms with Gasteiger partial charge in [-0.1, -0.05) is 0 Å². The number of piperidine rings is 2. The Morgan fingerprint density at radius 1 is 1.22 bits per heavy atom. The number of aromatic nitrogens is 2. The van der Waals surface area contributed by atoms with Gasteiger partial charge in [0, 0.05) is 37.6 Å². The minimum Gasteiger partial charge on any atom is -0.460 e. The zero-order chi connectivity index (χ0) is 23.3. The fraction of sp³-hybridized carbons (Fsp3) is 0.583. The third-order valence-corrected chi connectivity index (χ3v) is 6.56. The number of hydrogen-bond donors (Lipinski definition) is 1. The Labute approximate surface area is 188 Å². The summed E-state index contributed by atoms with van der Waals surface area (Å²) in [6.45, 7) is 9.10. The molecule has 2 aliphatic rings. The van der Waals surface area contributed by atoms with Gasteiger partial charge in [-0.05, 0) is 65.2 Å². The fourth-order valence-electron chi connectivity index (χ4n) is 4.64. The van der Waals surface area contributed by atoms with Gasteiger partial charge >= 0.3 is 5.97 Å². The van der Waals surface area contributed by atoms with Crippen molar-refractivity contribution < 1.29 is 19.1 Å². The lowest BCUT2D eigenvalue weighted by molar-refractivity contribution is -0.160. The van der Waals surface area contributed by atoms with Gasteiger partial charge in [0.2, 0.25) is 11.8 Å². The minimum absolute atomic E-state index is 0.0648. The van der Waals surface area contributed by atoms with Gasteiger partial charge in [0.15, 0.2) is 0 Å². The first-order chi connectivity index (χ1) is 15.0. The Bertz CT molecular complexity index is 1080. The number of aryl methyl sites for hydroxylation is 1. The first kappa shape index (κ1) is 22.3. The molecule has 1 N–H and O–H groups in total. The van der Waals surface area contributed by atoms with Crippen molar-refractivity contribution in [2.45, 2.75) is 64.4 Å². The van der Waals surface area contributed by atoms with Crippen LogP contribution in [0.25, 0.3) is 10.9 Å². The molecule has 1 unspecified atom stereocenters. The van der Waals surface area contributed by atoms with Crippen LogP contribution in [0.2, 0.25) is 0 Å². The van der Waals surface area contributed by atoms with Gasteiger partial charge in [-0.25, -0.2) is 0 Å². The lowest BCUT2D eigenvalue weighted by Crippen LogP contribution is -2.50. The van der Waals surface area contributed by atoms with Crippen LogP contribution in [0, 0.1) is 5.92 Å². The second-order valence-corrected chi connectivity index (χ2v) is 10.2.